The van der Waals surface area contributed by atoms with E-state index >= 15 is 0 Å². The number of halogens is 6. The van der Waals surface area contributed by atoms with Gasteiger partial charge in [0.2, 0.25) is 0 Å². The molecule has 0 radical (unpaired) electrons. The van der Waals surface area contributed by atoms with Crippen LogP contribution in [0.1, 0.15) is 12.0 Å². The molecule has 1 aromatic rings. The normalized spacial score (nSPS) is 11.9. The highest BCUT2D eigenvalue weighted by Crippen LogP contribution is 2.33. The maximum atomic E-state index is 12.3. The summed E-state index contributed by atoms with van der Waals surface area (Å²) in [5, 5.41) is 0. The zero-order chi connectivity index (χ0) is 11.6. The molecule has 0 spiro atoms. The molecule has 0 N–H and O–H groups in total. The van der Waals surface area contributed by atoms with Gasteiger partial charge in [0.1, 0.15) is 5.75 Å². The van der Waals surface area contributed by atoms with Crippen molar-refractivity contribution in [3.8, 4) is 5.75 Å². The summed E-state index contributed by atoms with van der Waals surface area (Å²) < 4.78 is 64.0. The van der Waals surface area contributed by atoms with Crippen molar-refractivity contribution in [3.63, 3.8) is 0 Å². The molecule has 84 valence electrons. The van der Waals surface area contributed by atoms with Gasteiger partial charge in [0.15, 0.2) is 0 Å². The summed E-state index contributed by atoms with van der Waals surface area (Å²) in [5.41, 5.74) is -0.765. The number of alkyl halides is 5. The largest absolute Gasteiger partial charge is 0.573 e. The SMILES string of the molecule is FC(F)c1cc(I)ccc1OC(F)(F)F. The van der Waals surface area contributed by atoms with Crippen LogP contribution in [-0.2, 0) is 0 Å². The average molecular weight is 338 g/mol. The lowest BCUT2D eigenvalue weighted by Crippen LogP contribution is -2.18. The molecule has 0 bridgehead atoms. The Morgan fingerprint density at radius 1 is 1.20 bits per heavy atom. The van der Waals surface area contributed by atoms with Crippen molar-refractivity contribution in [1.82, 2.24) is 0 Å². The van der Waals surface area contributed by atoms with Crippen molar-refractivity contribution in [2.45, 2.75) is 12.8 Å². The second-order valence-corrected chi connectivity index (χ2v) is 3.78. The van der Waals surface area contributed by atoms with Gasteiger partial charge in [-0.05, 0) is 40.8 Å². The smallest absolute Gasteiger partial charge is 0.405 e. The zero-order valence-corrected chi connectivity index (χ0v) is 9.14. The highest BCUT2D eigenvalue weighted by Gasteiger charge is 2.33. The third-order valence-electron chi connectivity index (χ3n) is 1.43. The van der Waals surface area contributed by atoms with Crippen molar-refractivity contribution in [3.05, 3.63) is 27.3 Å². The average Bonchev–Trinajstić information content (AvgIpc) is 2.05. The quantitative estimate of drug-likeness (QED) is 0.582. The molecule has 0 aromatic heterocycles. The Morgan fingerprint density at radius 3 is 2.27 bits per heavy atom. The minimum absolute atomic E-state index is 0.414. The van der Waals surface area contributed by atoms with Crippen LogP contribution in [0.25, 0.3) is 0 Å². The van der Waals surface area contributed by atoms with Gasteiger partial charge in [-0.1, -0.05) is 0 Å². The van der Waals surface area contributed by atoms with Crippen LogP contribution in [0.2, 0.25) is 0 Å². The molecule has 0 aliphatic carbocycles. The van der Waals surface area contributed by atoms with Gasteiger partial charge in [-0.15, -0.1) is 13.2 Å². The molecule has 0 heterocycles. The summed E-state index contributed by atoms with van der Waals surface area (Å²) >= 11 is 1.72. The summed E-state index contributed by atoms with van der Waals surface area (Å²) in [6, 6.07) is 3.08. The minimum atomic E-state index is -4.96. The van der Waals surface area contributed by atoms with Crippen LogP contribution in [0.4, 0.5) is 22.0 Å². The molecule has 0 saturated heterocycles. The molecule has 7 heteroatoms. The molecule has 1 rings (SSSR count). The summed E-state index contributed by atoms with van der Waals surface area (Å²) in [5.74, 6) is -0.863. The van der Waals surface area contributed by atoms with E-state index in [2.05, 4.69) is 4.74 Å². The van der Waals surface area contributed by atoms with Crippen LogP contribution in [0.5, 0.6) is 5.75 Å². The van der Waals surface area contributed by atoms with E-state index < -0.39 is 24.1 Å². The standard InChI is InChI=1S/C8H4F5IO/c9-7(10)5-3-4(14)1-2-6(5)15-8(11,12)13/h1-3,7H. The second-order valence-electron chi connectivity index (χ2n) is 2.53. The Morgan fingerprint density at radius 2 is 1.80 bits per heavy atom. The maximum Gasteiger partial charge on any atom is 0.573 e. The van der Waals surface area contributed by atoms with E-state index in [4.69, 9.17) is 0 Å². The third-order valence-corrected chi connectivity index (χ3v) is 2.10. The van der Waals surface area contributed by atoms with E-state index in [-0.39, 0.29) is 0 Å². The number of benzene rings is 1. The Hall–Kier alpha value is -0.600. The van der Waals surface area contributed by atoms with Crippen molar-refractivity contribution in [2.75, 3.05) is 0 Å². The van der Waals surface area contributed by atoms with Crippen molar-refractivity contribution >= 4 is 22.6 Å². The van der Waals surface area contributed by atoms with E-state index in [1.54, 1.807) is 22.6 Å². The predicted molar refractivity (Wildman–Crippen MR) is 50.8 cm³/mol. The highest BCUT2D eigenvalue weighted by atomic mass is 127. The lowest BCUT2D eigenvalue weighted by Gasteiger charge is -2.12. The summed E-state index contributed by atoms with van der Waals surface area (Å²) in [7, 11) is 0. The van der Waals surface area contributed by atoms with Crippen LogP contribution in [0.15, 0.2) is 18.2 Å². The fraction of sp³-hybridized carbons (Fsp3) is 0.250. The lowest BCUT2D eigenvalue weighted by atomic mass is 10.2. The molecule has 0 atom stereocenters. The first-order valence-corrected chi connectivity index (χ1v) is 4.71. The molecular formula is C8H4F5IO. The summed E-state index contributed by atoms with van der Waals surface area (Å²) in [6.45, 7) is 0. The summed E-state index contributed by atoms with van der Waals surface area (Å²) in [6.07, 6.45) is -7.96. The fourth-order valence-corrected chi connectivity index (χ4v) is 1.42. The lowest BCUT2D eigenvalue weighted by molar-refractivity contribution is -0.275. The van der Waals surface area contributed by atoms with E-state index in [0.717, 1.165) is 12.1 Å². The Labute approximate surface area is 95.4 Å². The van der Waals surface area contributed by atoms with Gasteiger partial charge in [0.25, 0.3) is 6.43 Å². The molecule has 0 fully saturated rings. The number of rotatable bonds is 2. The first-order chi connectivity index (χ1) is 6.79. The van der Waals surface area contributed by atoms with Crippen molar-refractivity contribution in [2.24, 2.45) is 0 Å². The highest BCUT2D eigenvalue weighted by molar-refractivity contribution is 14.1. The molecule has 15 heavy (non-hydrogen) atoms. The van der Waals surface area contributed by atoms with Crippen molar-refractivity contribution < 1.29 is 26.7 Å². The van der Waals surface area contributed by atoms with E-state index in [1.165, 1.54) is 6.07 Å². The number of hydrogen-bond donors (Lipinski definition) is 0. The molecule has 0 aliphatic rings. The van der Waals surface area contributed by atoms with Gasteiger partial charge in [-0.25, -0.2) is 8.78 Å². The molecule has 0 aliphatic heterocycles. The van der Waals surface area contributed by atoms with Gasteiger partial charge in [-0.2, -0.15) is 0 Å². The van der Waals surface area contributed by atoms with Gasteiger partial charge in [-0.3, -0.25) is 0 Å². The Balaban J connectivity index is 3.06. The number of hydrogen-bond acceptors (Lipinski definition) is 1. The Kier molecular flexibility index (Phi) is 3.74. The van der Waals surface area contributed by atoms with Gasteiger partial charge in [0.05, 0.1) is 5.56 Å². The first kappa shape index (κ1) is 12.5. The second kappa shape index (κ2) is 4.50. The summed E-state index contributed by atoms with van der Waals surface area (Å²) in [4.78, 5) is 0. The molecule has 1 aromatic carbocycles. The predicted octanol–water partition coefficient (Wildman–Crippen LogP) is 4.13. The molecule has 0 amide bonds. The zero-order valence-electron chi connectivity index (χ0n) is 6.99. The van der Waals surface area contributed by atoms with Crippen LogP contribution in [0.3, 0.4) is 0 Å². The fourth-order valence-electron chi connectivity index (χ4n) is 0.907. The Bertz CT molecular complexity index is 349. The van der Waals surface area contributed by atoms with Gasteiger partial charge >= 0.3 is 6.36 Å². The van der Waals surface area contributed by atoms with Crippen LogP contribution in [-0.4, -0.2) is 6.36 Å². The minimum Gasteiger partial charge on any atom is -0.405 e. The van der Waals surface area contributed by atoms with Crippen LogP contribution >= 0.6 is 22.6 Å². The maximum absolute atomic E-state index is 12.3. The molecule has 0 saturated carbocycles. The van der Waals surface area contributed by atoms with Crippen LogP contribution < -0.4 is 4.74 Å². The van der Waals surface area contributed by atoms with Crippen molar-refractivity contribution in [1.29, 1.82) is 0 Å². The molecule has 1 nitrogen and oxygen atoms in total. The van der Waals surface area contributed by atoms with Gasteiger partial charge < -0.3 is 4.74 Å². The monoisotopic (exact) mass is 338 g/mol. The molecular weight excluding hydrogens is 334 g/mol. The number of ether oxygens (including phenoxy) is 1. The van der Waals surface area contributed by atoms with Gasteiger partial charge in [0, 0.05) is 3.57 Å². The van der Waals surface area contributed by atoms with E-state index in [9.17, 15) is 22.0 Å². The topological polar surface area (TPSA) is 9.23 Å². The first-order valence-electron chi connectivity index (χ1n) is 3.63. The van der Waals surface area contributed by atoms with Crippen LogP contribution in [0, 0.1) is 3.57 Å². The van der Waals surface area contributed by atoms with E-state index in [0.29, 0.717) is 3.57 Å². The third kappa shape index (κ3) is 3.80. The van der Waals surface area contributed by atoms with E-state index in [1.807, 2.05) is 0 Å². The molecule has 0 unspecified atom stereocenters.